The molecule has 1 saturated heterocycles. The first kappa shape index (κ1) is 16.3. The smallest absolute Gasteiger partial charge is 0.192 e. The zero-order chi connectivity index (χ0) is 16.1. The quantitative estimate of drug-likeness (QED) is 0.554. The summed E-state index contributed by atoms with van der Waals surface area (Å²) >= 11 is 0. The Morgan fingerprint density at radius 3 is 2.74 bits per heavy atom. The third kappa shape index (κ3) is 4.69. The van der Waals surface area contributed by atoms with E-state index in [0.717, 1.165) is 36.5 Å². The molecule has 3 N–H and O–H groups in total. The van der Waals surface area contributed by atoms with E-state index < -0.39 is 0 Å². The molecule has 126 valence electrons. The van der Waals surface area contributed by atoms with Crippen LogP contribution < -0.4 is 10.6 Å². The Morgan fingerprint density at radius 2 is 2.09 bits per heavy atom. The average molecular weight is 317 g/mol. The normalized spacial score (nSPS) is 22.9. The summed E-state index contributed by atoms with van der Waals surface area (Å²) in [6.07, 6.45) is 4.94. The van der Waals surface area contributed by atoms with Crippen LogP contribution in [0.5, 0.6) is 0 Å². The van der Waals surface area contributed by atoms with E-state index in [1.807, 2.05) is 24.3 Å². The lowest BCUT2D eigenvalue weighted by Gasteiger charge is -2.23. The van der Waals surface area contributed by atoms with Gasteiger partial charge in [0.1, 0.15) is 0 Å². The highest BCUT2D eigenvalue weighted by Crippen LogP contribution is 2.19. The minimum Gasteiger partial charge on any atom is -0.392 e. The van der Waals surface area contributed by atoms with Gasteiger partial charge >= 0.3 is 0 Å². The molecular weight excluding hydrogens is 290 g/mol. The standard InChI is InChI=1S/C18H27N3O2/c1-13(17-7-4-10-23-17)20-18(21-16-8-9-16)19-11-14-5-2-3-6-15(14)12-22/h2-3,5-6,13,16-17,22H,4,7-12H2,1H3,(H2,19,20,21). The van der Waals surface area contributed by atoms with Gasteiger partial charge in [-0.05, 0) is 43.7 Å². The Balaban J connectivity index is 1.64. The Morgan fingerprint density at radius 1 is 1.30 bits per heavy atom. The summed E-state index contributed by atoms with van der Waals surface area (Å²) in [5.41, 5.74) is 2.01. The number of hydrogen-bond donors (Lipinski definition) is 3. The highest BCUT2D eigenvalue weighted by atomic mass is 16.5. The SMILES string of the molecule is CC(NC(=NCc1ccccc1CO)NC1CC1)C1CCCO1. The van der Waals surface area contributed by atoms with Crippen molar-refractivity contribution in [3.8, 4) is 0 Å². The van der Waals surface area contributed by atoms with Gasteiger partial charge in [0.05, 0.1) is 25.3 Å². The molecule has 23 heavy (non-hydrogen) atoms. The van der Waals surface area contributed by atoms with Crippen molar-refractivity contribution < 1.29 is 9.84 Å². The van der Waals surface area contributed by atoms with E-state index in [1.54, 1.807) is 0 Å². The highest BCUT2D eigenvalue weighted by Gasteiger charge is 2.26. The van der Waals surface area contributed by atoms with Crippen molar-refractivity contribution in [3.05, 3.63) is 35.4 Å². The largest absolute Gasteiger partial charge is 0.392 e. The van der Waals surface area contributed by atoms with Gasteiger partial charge in [0, 0.05) is 12.6 Å². The summed E-state index contributed by atoms with van der Waals surface area (Å²) in [6, 6.07) is 8.69. The van der Waals surface area contributed by atoms with Crippen LogP contribution in [0.1, 0.15) is 43.7 Å². The molecule has 1 heterocycles. The van der Waals surface area contributed by atoms with Crippen LogP contribution in [0.2, 0.25) is 0 Å². The molecule has 1 saturated carbocycles. The lowest BCUT2D eigenvalue weighted by Crippen LogP contribution is -2.47. The first-order valence-corrected chi connectivity index (χ1v) is 8.63. The highest BCUT2D eigenvalue weighted by molar-refractivity contribution is 5.80. The fourth-order valence-corrected chi connectivity index (χ4v) is 2.89. The third-order valence-corrected chi connectivity index (χ3v) is 4.50. The maximum atomic E-state index is 9.43. The molecule has 1 aromatic rings. The van der Waals surface area contributed by atoms with Crippen molar-refractivity contribution in [3.63, 3.8) is 0 Å². The fourth-order valence-electron chi connectivity index (χ4n) is 2.89. The van der Waals surface area contributed by atoms with Gasteiger partial charge in [-0.3, -0.25) is 0 Å². The van der Waals surface area contributed by atoms with Crippen molar-refractivity contribution in [2.24, 2.45) is 4.99 Å². The van der Waals surface area contributed by atoms with Crippen LogP contribution in [-0.2, 0) is 17.9 Å². The van der Waals surface area contributed by atoms with Gasteiger partial charge in [0.15, 0.2) is 5.96 Å². The van der Waals surface area contributed by atoms with Gasteiger partial charge in [-0.25, -0.2) is 4.99 Å². The summed E-state index contributed by atoms with van der Waals surface area (Å²) in [4.78, 5) is 4.72. The summed E-state index contributed by atoms with van der Waals surface area (Å²) in [7, 11) is 0. The number of benzene rings is 1. The molecule has 2 aliphatic rings. The van der Waals surface area contributed by atoms with E-state index in [9.17, 15) is 5.11 Å². The summed E-state index contributed by atoms with van der Waals surface area (Å²) in [5.74, 6) is 0.850. The van der Waals surface area contributed by atoms with E-state index in [0.29, 0.717) is 12.6 Å². The summed E-state index contributed by atoms with van der Waals surface area (Å²) < 4.78 is 5.76. The number of nitrogens with zero attached hydrogens (tertiary/aromatic N) is 1. The molecule has 1 aliphatic heterocycles. The van der Waals surface area contributed by atoms with Crippen molar-refractivity contribution in [2.75, 3.05) is 6.61 Å². The van der Waals surface area contributed by atoms with Crippen LogP contribution in [-0.4, -0.2) is 35.9 Å². The Labute approximate surface area is 138 Å². The van der Waals surface area contributed by atoms with Crippen LogP contribution in [0.25, 0.3) is 0 Å². The van der Waals surface area contributed by atoms with E-state index in [1.165, 1.54) is 12.8 Å². The average Bonchev–Trinajstić information content (AvgIpc) is 3.21. The topological polar surface area (TPSA) is 65.9 Å². The molecule has 0 amide bonds. The molecule has 1 aliphatic carbocycles. The predicted molar refractivity (Wildman–Crippen MR) is 91.2 cm³/mol. The Hall–Kier alpha value is -1.59. The molecule has 2 atom stereocenters. The molecule has 1 aromatic carbocycles. The van der Waals surface area contributed by atoms with Crippen LogP contribution in [0.4, 0.5) is 0 Å². The summed E-state index contributed by atoms with van der Waals surface area (Å²) in [6.45, 7) is 3.64. The van der Waals surface area contributed by atoms with Crippen LogP contribution in [0.3, 0.4) is 0 Å². The van der Waals surface area contributed by atoms with E-state index in [-0.39, 0.29) is 18.8 Å². The van der Waals surface area contributed by atoms with Crippen molar-refractivity contribution in [1.82, 2.24) is 10.6 Å². The number of hydrogen-bond acceptors (Lipinski definition) is 3. The summed E-state index contributed by atoms with van der Waals surface area (Å²) in [5, 5.41) is 16.4. The number of aliphatic hydroxyl groups excluding tert-OH is 1. The van der Waals surface area contributed by atoms with Crippen LogP contribution in [0.15, 0.2) is 29.3 Å². The Kier molecular flexibility index (Phi) is 5.51. The minimum absolute atomic E-state index is 0.0524. The van der Waals surface area contributed by atoms with Gasteiger partial charge in [-0.15, -0.1) is 0 Å². The van der Waals surface area contributed by atoms with Gasteiger partial charge in [-0.2, -0.15) is 0 Å². The van der Waals surface area contributed by atoms with E-state index >= 15 is 0 Å². The second-order valence-electron chi connectivity index (χ2n) is 6.49. The predicted octanol–water partition coefficient (Wildman–Crippen LogP) is 1.94. The van der Waals surface area contributed by atoms with E-state index in [2.05, 4.69) is 17.6 Å². The van der Waals surface area contributed by atoms with E-state index in [4.69, 9.17) is 9.73 Å². The number of guanidine groups is 1. The Bertz CT molecular complexity index is 537. The number of nitrogens with one attached hydrogen (secondary N) is 2. The molecular formula is C18H27N3O2. The van der Waals surface area contributed by atoms with Crippen molar-refractivity contribution in [2.45, 2.75) is 63.9 Å². The molecule has 3 rings (SSSR count). The van der Waals surface area contributed by atoms with Crippen molar-refractivity contribution in [1.29, 1.82) is 0 Å². The number of aliphatic imine (C=N–C) groups is 1. The number of aliphatic hydroxyl groups is 1. The molecule has 5 nitrogen and oxygen atoms in total. The van der Waals surface area contributed by atoms with Gasteiger partial charge in [0.25, 0.3) is 0 Å². The first-order valence-electron chi connectivity index (χ1n) is 8.63. The number of ether oxygens (including phenoxy) is 1. The molecule has 0 bridgehead atoms. The zero-order valence-electron chi connectivity index (χ0n) is 13.8. The maximum absolute atomic E-state index is 9.43. The van der Waals surface area contributed by atoms with Crippen LogP contribution >= 0.6 is 0 Å². The molecule has 2 unspecified atom stereocenters. The molecule has 0 aromatic heterocycles. The molecule has 0 spiro atoms. The molecule has 0 radical (unpaired) electrons. The second-order valence-corrected chi connectivity index (χ2v) is 6.49. The minimum atomic E-state index is 0.0524. The van der Waals surface area contributed by atoms with Gasteiger partial charge in [0.2, 0.25) is 0 Å². The molecule has 5 heteroatoms. The fraction of sp³-hybridized carbons (Fsp3) is 0.611. The van der Waals surface area contributed by atoms with Crippen LogP contribution in [0, 0.1) is 0 Å². The monoisotopic (exact) mass is 317 g/mol. The van der Waals surface area contributed by atoms with Gasteiger partial charge < -0.3 is 20.5 Å². The van der Waals surface area contributed by atoms with Gasteiger partial charge in [-0.1, -0.05) is 24.3 Å². The molecule has 2 fully saturated rings. The zero-order valence-corrected chi connectivity index (χ0v) is 13.8. The third-order valence-electron chi connectivity index (χ3n) is 4.50. The first-order chi connectivity index (χ1) is 11.3. The van der Waals surface area contributed by atoms with Crippen molar-refractivity contribution >= 4 is 5.96 Å². The maximum Gasteiger partial charge on any atom is 0.192 e. The second kappa shape index (κ2) is 7.79. The lowest BCUT2D eigenvalue weighted by molar-refractivity contribution is 0.0890. The lowest BCUT2D eigenvalue weighted by atomic mass is 10.1. The number of rotatable bonds is 6.